The first-order chi connectivity index (χ1) is 13.8. The van der Waals surface area contributed by atoms with Gasteiger partial charge in [0.25, 0.3) is 0 Å². The van der Waals surface area contributed by atoms with Crippen molar-refractivity contribution in [2.45, 2.75) is 30.7 Å². The van der Waals surface area contributed by atoms with Crippen LogP contribution in [0.1, 0.15) is 6.42 Å². The molecule has 1 aromatic carbocycles. The molecule has 29 heavy (non-hydrogen) atoms. The maximum absolute atomic E-state index is 11.4. The van der Waals surface area contributed by atoms with Gasteiger partial charge in [-0.3, -0.25) is 4.55 Å². The normalized spacial score (nSPS) is 25.0. The van der Waals surface area contributed by atoms with E-state index in [9.17, 15) is 23.2 Å². The number of nitrogens with zero attached hydrogens (tertiary/aromatic N) is 4. The van der Waals surface area contributed by atoms with Gasteiger partial charge in [-0.25, -0.2) is 15.0 Å². The van der Waals surface area contributed by atoms with Crippen LogP contribution in [0.4, 0.5) is 5.82 Å². The van der Waals surface area contributed by atoms with Crippen molar-refractivity contribution in [3.63, 3.8) is 0 Å². The van der Waals surface area contributed by atoms with Crippen molar-refractivity contribution in [1.82, 2.24) is 24.2 Å². The lowest BCUT2D eigenvalue weighted by Crippen LogP contribution is -2.44. The molecule has 0 bridgehead atoms. The zero-order valence-electron chi connectivity index (χ0n) is 15.3. The van der Waals surface area contributed by atoms with Crippen molar-refractivity contribution >= 4 is 27.3 Å². The number of hydrogen-bond donors (Lipinski definition) is 5. The molecule has 0 spiro atoms. The summed E-state index contributed by atoms with van der Waals surface area (Å²) in [5, 5.41) is 23.6. The van der Waals surface area contributed by atoms with Crippen molar-refractivity contribution in [3.8, 4) is 11.4 Å². The van der Waals surface area contributed by atoms with Gasteiger partial charge in [0, 0.05) is 12.6 Å². The van der Waals surface area contributed by atoms with E-state index < -0.39 is 34.6 Å². The van der Waals surface area contributed by atoms with E-state index in [0.717, 1.165) is 12.6 Å². The third kappa shape index (κ3) is 3.68. The molecule has 0 unspecified atom stereocenters. The minimum Gasteiger partial charge on any atom is -0.389 e. The second kappa shape index (κ2) is 7.31. The minimum atomic E-state index is -4.51. The van der Waals surface area contributed by atoms with Crippen molar-refractivity contribution in [2.24, 2.45) is 0 Å². The highest BCUT2D eigenvalue weighted by Crippen LogP contribution is 2.30. The third-order valence-electron chi connectivity index (χ3n) is 5.14. The minimum absolute atomic E-state index is 0.0593. The summed E-state index contributed by atoms with van der Waals surface area (Å²) in [5.41, 5.74) is 1.79. The topological polar surface area (TPSA) is 165 Å². The van der Waals surface area contributed by atoms with E-state index in [1.54, 1.807) is 0 Å². The van der Waals surface area contributed by atoms with E-state index in [1.807, 2.05) is 30.3 Å². The molecule has 1 fully saturated rings. The molecule has 12 heteroatoms. The van der Waals surface area contributed by atoms with E-state index in [0.29, 0.717) is 27.1 Å². The Bertz CT molecular complexity index is 1120. The molecule has 2 heterocycles. The number of aliphatic hydroxyl groups is 2. The highest BCUT2D eigenvalue weighted by molar-refractivity contribution is 7.83. The predicted octanol–water partition coefficient (Wildman–Crippen LogP) is 0.0291. The Morgan fingerprint density at radius 3 is 2.59 bits per heavy atom. The van der Waals surface area contributed by atoms with Crippen LogP contribution in [0, 0.1) is 0 Å². The molecular weight excluding hydrogens is 400 g/mol. The fourth-order valence-electron chi connectivity index (χ4n) is 3.53. The number of aromatic amines is 1. The van der Waals surface area contributed by atoms with Gasteiger partial charge in [0.1, 0.15) is 23.8 Å². The van der Waals surface area contributed by atoms with Crippen LogP contribution in [0.15, 0.2) is 36.7 Å². The quantitative estimate of drug-likeness (QED) is 0.358. The van der Waals surface area contributed by atoms with Crippen molar-refractivity contribution in [3.05, 3.63) is 36.7 Å². The van der Waals surface area contributed by atoms with Gasteiger partial charge in [0.2, 0.25) is 0 Å². The highest BCUT2D eigenvalue weighted by Gasteiger charge is 2.46. The molecule has 1 aliphatic carbocycles. The van der Waals surface area contributed by atoms with Crippen LogP contribution in [-0.2, 0) is 10.3 Å². The molecule has 0 amide bonds. The van der Waals surface area contributed by atoms with Gasteiger partial charge in [0.15, 0.2) is 11.5 Å². The molecule has 3 aromatic rings. The number of nitrogens with one attached hydrogen (secondary N) is 2. The summed E-state index contributed by atoms with van der Waals surface area (Å²) < 4.78 is 32.6. The van der Waals surface area contributed by atoms with E-state index in [4.69, 9.17) is 0 Å². The number of imidazole rings is 1. The average molecular weight is 420 g/mol. The molecule has 0 saturated heterocycles. The van der Waals surface area contributed by atoms with Gasteiger partial charge in [0.05, 0.1) is 18.2 Å². The number of likely N-dealkylation sites (N-methyl/N-ethyl adjacent to an activating group) is 1. The van der Waals surface area contributed by atoms with Crippen LogP contribution >= 0.6 is 0 Å². The van der Waals surface area contributed by atoms with Crippen molar-refractivity contribution in [2.75, 3.05) is 12.4 Å². The number of H-pyrrole nitrogens is 1. The van der Waals surface area contributed by atoms with Crippen LogP contribution in [0.2, 0.25) is 0 Å². The van der Waals surface area contributed by atoms with Gasteiger partial charge in [-0.2, -0.15) is 12.7 Å². The summed E-state index contributed by atoms with van der Waals surface area (Å²) in [6.07, 6.45) is -1.27. The monoisotopic (exact) mass is 420 g/mol. The Morgan fingerprint density at radius 1 is 1.17 bits per heavy atom. The van der Waals surface area contributed by atoms with Crippen LogP contribution in [0.3, 0.4) is 0 Å². The number of aromatic nitrogens is 4. The predicted molar refractivity (Wildman–Crippen MR) is 104 cm³/mol. The molecule has 0 radical (unpaired) electrons. The molecular formula is C17H20N6O5S. The van der Waals surface area contributed by atoms with Gasteiger partial charge in [-0.1, -0.05) is 30.3 Å². The fourth-order valence-corrected chi connectivity index (χ4v) is 4.08. The second-order valence-corrected chi connectivity index (χ2v) is 8.37. The Balaban J connectivity index is 1.62. The molecule has 11 nitrogen and oxygen atoms in total. The van der Waals surface area contributed by atoms with E-state index >= 15 is 0 Å². The van der Waals surface area contributed by atoms with E-state index in [2.05, 4.69) is 25.3 Å². The standard InChI is InChI=1S/C17H20N6O5S/c1-23(29(26,27)28)11-7-10(13(24)14(11)25)20-16-12-17(19-8-18-16)22-15(21-12)9-5-3-2-4-6-9/h2-6,8,10-11,13-14,24-25H,7H2,1H3,(H,26,27,28)(H2,18,19,20,21,22)/t10-,11-,13+,14-/m1/s1. The molecule has 5 N–H and O–H groups in total. The number of anilines is 1. The van der Waals surface area contributed by atoms with Crippen LogP contribution in [0.25, 0.3) is 22.6 Å². The maximum atomic E-state index is 11.4. The van der Waals surface area contributed by atoms with E-state index in [-0.39, 0.29) is 6.42 Å². The maximum Gasteiger partial charge on any atom is 0.335 e. The Morgan fingerprint density at radius 2 is 1.90 bits per heavy atom. The second-order valence-electron chi connectivity index (χ2n) is 6.90. The first kappa shape index (κ1) is 19.7. The number of benzene rings is 1. The number of fused-ring (bicyclic) bond motifs is 1. The van der Waals surface area contributed by atoms with Gasteiger partial charge >= 0.3 is 10.3 Å². The summed E-state index contributed by atoms with van der Waals surface area (Å²) in [5.74, 6) is 0.955. The fraction of sp³-hybridized carbons (Fsp3) is 0.353. The van der Waals surface area contributed by atoms with Crippen molar-refractivity contribution in [1.29, 1.82) is 0 Å². The summed E-state index contributed by atoms with van der Waals surface area (Å²) in [7, 11) is -3.37. The van der Waals surface area contributed by atoms with Crippen LogP contribution in [0.5, 0.6) is 0 Å². The number of hydrogen-bond acceptors (Lipinski definition) is 8. The highest BCUT2D eigenvalue weighted by atomic mass is 32.2. The summed E-state index contributed by atoms with van der Waals surface area (Å²) in [6, 6.07) is 7.75. The first-order valence-corrected chi connectivity index (χ1v) is 10.2. The molecule has 1 aliphatic rings. The smallest absolute Gasteiger partial charge is 0.335 e. The van der Waals surface area contributed by atoms with Crippen LogP contribution in [-0.4, -0.2) is 78.8 Å². The molecule has 4 atom stereocenters. The molecule has 154 valence electrons. The zero-order chi connectivity index (χ0) is 20.8. The summed E-state index contributed by atoms with van der Waals surface area (Å²) >= 11 is 0. The zero-order valence-corrected chi connectivity index (χ0v) is 16.2. The molecule has 1 saturated carbocycles. The Hall–Kier alpha value is -2.64. The molecule has 4 rings (SSSR count). The average Bonchev–Trinajstić information content (AvgIpc) is 3.25. The molecule has 0 aliphatic heterocycles. The first-order valence-electron chi connectivity index (χ1n) is 8.85. The SMILES string of the molecule is CN([C@@H]1C[C@@H](Nc2ncnc3nc(-c4ccccc4)[nH]c23)[C@H](O)[C@@H]1O)S(=O)(=O)O. The van der Waals surface area contributed by atoms with Crippen molar-refractivity contribution < 1.29 is 23.2 Å². The lowest BCUT2D eigenvalue weighted by atomic mass is 10.2. The molecule has 2 aromatic heterocycles. The van der Waals surface area contributed by atoms with Crippen LogP contribution < -0.4 is 5.32 Å². The Labute approximate surface area is 166 Å². The van der Waals surface area contributed by atoms with E-state index in [1.165, 1.54) is 6.33 Å². The number of rotatable bonds is 5. The largest absolute Gasteiger partial charge is 0.389 e. The third-order valence-corrected chi connectivity index (χ3v) is 6.14. The number of aliphatic hydroxyl groups excluding tert-OH is 2. The lowest BCUT2D eigenvalue weighted by Gasteiger charge is -2.23. The lowest BCUT2D eigenvalue weighted by molar-refractivity contribution is 0.0154. The Kier molecular flexibility index (Phi) is 4.96. The van der Waals surface area contributed by atoms with Gasteiger partial charge < -0.3 is 20.5 Å². The van der Waals surface area contributed by atoms with Gasteiger partial charge in [-0.05, 0) is 6.42 Å². The van der Waals surface area contributed by atoms with Gasteiger partial charge in [-0.15, -0.1) is 0 Å². The summed E-state index contributed by atoms with van der Waals surface area (Å²) in [6.45, 7) is 0. The summed E-state index contributed by atoms with van der Waals surface area (Å²) in [4.78, 5) is 15.9.